The molecule has 4 nitrogen and oxygen atoms in total. The molecule has 1 rings (SSSR count). The van der Waals surface area contributed by atoms with E-state index in [-0.39, 0.29) is 0 Å². The summed E-state index contributed by atoms with van der Waals surface area (Å²) in [4.78, 5) is 8.91. The van der Waals surface area contributed by atoms with Crippen molar-refractivity contribution in [2.45, 2.75) is 44.6 Å². The van der Waals surface area contributed by atoms with Gasteiger partial charge < -0.3 is 10.1 Å². The van der Waals surface area contributed by atoms with E-state index in [1.807, 2.05) is 20.0 Å². The number of ether oxygens (including phenoxy) is 1. The fraction of sp³-hybridized carbons (Fsp3) is 0.692. The maximum Gasteiger partial charge on any atom is 0.157 e. The molecule has 0 fully saturated rings. The number of hydrogen-bond donors (Lipinski definition) is 1. The Morgan fingerprint density at radius 2 is 2.06 bits per heavy atom. The summed E-state index contributed by atoms with van der Waals surface area (Å²) in [5.41, 5.74) is 0. The molecule has 0 saturated heterocycles. The van der Waals surface area contributed by atoms with E-state index in [1.54, 1.807) is 11.8 Å². The summed E-state index contributed by atoms with van der Waals surface area (Å²) < 4.78 is 5.36. The molecule has 5 heteroatoms. The topological polar surface area (TPSA) is 47.0 Å². The van der Waals surface area contributed by atoms with Crippen LogP contribution >= 0.6 is 11.8 Å². The van der Waals surface area contributed by atoms with Crippen LogP contribution in [0.15, 0.2) is 11.1 Å². The molecule has 1 heterocycles. The summed E-state index contributed by atoms with van der Waals surface area (Å²) in [6.45, 7) is 9.78. The Balaban J connectivity index is 2.82. The van der Waals surface area contributed by atoms with Gasteiger partial charge in [0.2, 0.25) is 0 Å². The van der Waals surface area contributed by atoms with Crippen molar-refractivity contribution in [3.63, 3.8) is 0 Å². The van der Waals surface area contributed by atoms with Crippen LogP contribution in [-0.2, 0) is 11.3 Å². The van der Waals surface area contributed by atoms with E-state index >= 15 is 0 Å². The molecule has 1 atom stereocenters. The van der Waals surface area contributed by atoms with Crippen LogP contribution in [0.5, 0.6) is 0 Å². The van der Waals surface area contributed by atoms with Gasteiger partial charge in [-0.15, -0.1) is 11.8 Å². The van der Waals surface area contributed by atoms with Crippen LogP contribution in [0, 0.1) is 5.92 Å². The zero-order valence-corrected chi connectivity index (χ0v) is 12.7. The quantitative estimate of drug-likeness (QED) is 0.608. The Hall–Kier alpha value is -0.810. The Morgan fingerprint density at radius 3 is 2.61 bits per heavy atom. The number of nitrogens with zero attached hydrogens (tertiary/aromatic N) is 2. The van der Waals surface area contributed by atoms with E-state index in [9.17, 15) is 0 Å². The molecule has 18 heavy (non-hydrogen) atoms. The van der Waals surface area contributed by atoms with E-state index in [2.05, 4.69) is 36.1 Å². The van der Waals surface area contributed by atoms with Crippen LogP contribution in [0.2, 0.25) is 0 Å². The Bertz CT molecular complexity index is 371. The zero-order chi connectivity index (χ0) is 13.5. The van der Waals surface area contributed by atoms with Gasteiger partial charge in [0.25, 0.3) is 0 Å². The average Bonchev–Trinajstić information content (AvgIpc) is 2.35. The lowest BCUT2D eigenvalue weighted by Crippen LogP contribution is -2.08. The number of anilines is 1. The highest BCUT2D eigenvalue weighted by molar-refractivity contribution is 7.99. The van der Waals surface area contributed by atoms with Gasteiger partial charge in [-0.05, 0) is 12.8 Å². The van der Waals surface area contributed by atoms with Gasteiger partial charge in [0.15, 0.2) is 5.82 Å². The van der Waals surface area contributed by atoms with E-state index in [1.165, 1.54) is 0 Å². The average molecular weight is 269 g/mol. The van der Waals surface area contributed by atoms with E-state index in [4.69, 9.17) is 4.74 Å². The normalized spacial score (nSPS) is 12.8. The number of thioether (sulfide) groups is 1. The first-order valence-electron chi connectivity index (χ1n) is 6.36. The summed E-state index contributed by atoms with van der Waals surface area (Å²) in [6.07, 6.45) is 0. The zero-order valence-electron chi connectivity index (χ0n) is 11.9. The molecular weight excluding hydrogens is 246 g/mol. The lowest BCUT2D eigenvalue weighted by Gasteiger charge is -2.15. The summed E-state index contributed by atoms with van der Waals surface area (Å²) >= 11 is 1.78. The lowest BCUT2D eigenvalue weighted by atomic mass is 10.2. The van der Waals surface area contributed by atoms with Crippen molar-refractivity contribution in [1.82, 2.24) is 9.97 Å². The van der Waals surface area contributed by atoms with Crippen molar-refractivity contribution in [2.24, 2.45) is 5.92 Å². The van der Waals surface area contributed by atoms with Gasteiger partial charge in [0, 0.05) is 25.0 Å². The summed E-state index contributed by atoms with van der Waals surface area (Å²) in [6, 6.07) is 1.99. The van der Waals surface area contributed by atoms with Gasteiger partial charge >= 0.3 is 0 Å². The second-order valence-electron chi connectivity index (χ2n) is 4.46. The van der Waals surface area contributed by atoms with Crippen LogP contribution in [0.3, 0.4) is 0 Å². The summed E-state index contributed by atoms with van der Waals surface area (Å²) in [5, 5.41) is 4.60. The minimum Gasteiger partial charge on any atom is -0.374 e. The number of aromatic nitrogens is 2. The van der Waals surface area contributed by atoms with Crippen LogP contribution in [-0.4, -0.2) is 28.9 Å². The highest BCUT2D eigenvalue weighted by Gasteiger charge is 2.12. The molecule has 1 aromatic rings. The predicted molar refractivity (Wildman–Crippen MR) is 77.1 cm³/mol. The monoisotopic (exact) mass is 269 g/mol. The molecule has 0 aromatic carbocycles. The molecule has 102 valence electrons. The van der Waals surface area contributed by atoms with Crippen molar-refractivity contribution < 1.29 is 4.74 Å². The molecule has 0 aliphatic heterocycles. The standard InChI is InChI=1S/C13H23N3OS/c1-6-17-8-12-15-11(14-5)7-13(16-12)18-10(4)9(2)3/h7,9-10H,6,8H2,1-5H3,(H,14,15,16). The van der Waals surface area contributed by atoms with Gasteiger partial charge in [-0.2, -0.15) is 0 Å². The third kappa shape index (κ3) is 4.82. The Morgan fingerprint density at radius 1 is 1.33 bits per heavy atom. The van der Waals surface area contributed by atoms with E-state index in [0.29, 0.717) is 24.4 Å². The van der Waals surface area contributed by atoms with Gasteiger partial charge in [0.1, 0.15) is 17.5 Å². The molecule has 0 amide bonds. The van der Waals surface area contributed by atoms with Crippen molar-refractivity contribution in [2.75, 3.05) is 19.0 Å². The fourth-order valence-electron chi connectivity index (χ4n) is 1.25. The van der Waals surface area contributed by atoms with Gasteiger partial charge in [-0.1, -0.05) is 20.8 Å². The van der Waals surface area contributed by atoms with Gasteiger partial charge in [0.05, 0.1) is 0 Å². The number of hydrogen-bond acceptors (Lipinski definition) is 5. The predicted octanol–water partition coefficient (Wildman–Crippen LogP) is 3.19. The first kappa shape index (κ1) is 15.2. The third-order valence-corrected chi connectivity index (χ3v) is 4.05. The molecule has 0 aliphatic carbocycles. The molecule has 1 N–H and O–H groups in total. The third-order valence-electron chi connectivity index (χ3n) is 2.69. The SMILES string of the molecule is CCOCc1nc(NC)cc(SC(C)C(C)C)n1. The molecule has 1 aromatic heterocycles. The lowest BCUT2D eigenvalue weighted by molar-refractivity contribution is 0.128. The Labute approximate surface area is 114 Å². The smallest absolute Gasteiger partial charge is 0.157 e. The van der Waals surface area contributed by atoms with Crippen molar-refractivity contribution in [3.8, 4) is 0 Å². The van der Waals surface area contributed by atoms with E-state index < -0.39 is 0 Å². The minimum absolute atomic E-state index is 0.468. The van der Waals surface area contributed by atoms with Crippen LogP contribution in [0.25, 0.3) is 0 Å². The van der Waals surface area contributed by atoms with Gasteiger partial charge in [-0.25, -0.2) is 9.97 Å². The highest BCUT2D eigenvalue weighted by atomic mass is 32.2. The fourth-order valence-corrected chi connectivity index (χ4v) is 2.24. The van der Waals surface area contributed by atoms with Crippen LogP contribution in [0.4, 0.5) is 5.82 Å². The molecule has 1 unspecified atom stereocenters. The van der Waals surface area contributed by atoms with Crippen molar-refractivity contribution in [3.05, 3.63) is 11.9 Å². The number of nitrogens with one attached hydrogen (secondary N) is 1. The second-order valence-corrected chi connectivity index (χ2v) is 5.86. The first-order valence-corrected chi connectivity index (χ1v) is 7.24. The molecular formula is C13H23N3OS. The van der Waals surface area contributed by atoms with Crippen molar-refractivity contribution in [1.29, 1.82) is 0 Å². The number of rotatable bonds is 7. The van der Waals surface area contributed by atoms with Crippen molar-refractivity contribution >= 4 is 17.6 Å². The molecule has 0 radical (unpaired) electrons. The highest BCUT2D eigenvalue weighted by Crippen LogP contribution is 2.27. The molecule has 0 aliphatic rings. The van der Waals surface area contributed by atoms with Gasteiger partial charge in [-0.3, -0.25) is 0 Å². The largest absolute Gasteiger partial charge is 0.374 e. The summed E-state index contributed by atoms with van der Waals surface area (Å²) in [7, 11) is 1.87. The van der Waals surface area contributed by atoms with Crippen LogP contribution < -0.4 is 5.32 Å². The summed E-state index contributed by atoms with van der Waals surface area (Å²) in [5.74, 6) is 2.21. The molecule has 0 spiro atoms. The first-order chi connectivity index (χ1) is 8.56. The second kappa shape index (κ2) is 7.59. The maximum absolute atomic E-state index is 5.36. The maximum atomic E-state index is 5.36. The molecule has 0 saturated carbocycles. The minimum atomic E-state index is 0.468. The Kier molecular flexibility index (Phi) is 6.43. The van der Waals surface area contributed by atoms with E-state index in [0.717, 1.165) is 16.7 Å². The van der Waals surface area contributed by atoms with Crippen LogP contribution in [0.1, 0.15) is 33.5 Å². The molecule has 0 bridgehead atoms.